The molecule has 3 aliphatic rings. The Morgan fingerprint density at radius 3 is 2.57 bits per heavy atom. The van der Waals surface area contributed by atoms with Crippen molar-refractivity contribution >= 4 is 5.91 Å². The predicted octanol–water partition coefficient (Wildman–Crippen LogP) is -0.122. The summed E-state index contributed by atoms with van der Waals surface area (Å²) in [7, 11) is 2.02. The maximum Gasteiger partial charge on any atom is 0.280 e. The van der Waals surface area contributed by atoms with E-state index in [1.807, 2.05) is 13.1 Å². The summed E-state index contributed by atoms with van der Waals surface area (Å²) >= 11 is 0. The number of carbonyl (C=O) groups is 1. The topological polar surface area (TPSA) is 47.7 Å². The summed E-state index contributed by atoms with van der Waals surface area (Å²) in [5.41, 5.74) is 1.30. The number of benzene rings is 1. The highest BCUT2D eigenvalue weighted by Gasteiger charge is 2.34. The second kappa shape index (κ2) is 8.70. The van der Waals surface area contributed by atoms with E-state index in [4.69, 9.17) is 9.47 Å². The minimum atomic E-state index is 0.0685. The van der Waals surface area contributed by atoms with Gasteiger partial charge >= 0.3 is 0 Å². The molecule has 154 valence electrons. The highest BCUT2D eigenvalue weighted by atomic mass is 16.7. The monoisotopic (exact) mass is 389 g/mol. The molecule has 0 bridgehead atoms. The molecule has 2 aliphatic heterocycles. The van der Waals surface area contributed by atoms with Gasteiger partial charge in [-0.15, -0.1) is 0 Å². The van der Waals surface area contributed by atoms with Gasteiger partial charge < -0.3 is 24.2 Å². The molecule has 0 aromatic heterocycles. The summed E-state index contributed by atoms with van der Waals surface area (Å²) in [5.74, 6) is 2.05. The van der Waals surface area contributed by atoms with E-state index < -0.39 is 0 Å². The van der Waals surface area contributed by atoms with Crippen LogP contribution < -0.4 is 19.3 Å². The number of rotatable bonds is 5. The first kappa shape index (κ1) is 19.5. The Bertz CT molecular complexity index is 682. The van der Waals surface area contributed by atoms with Crippen LogP contribution in [0.15, 0.2) is 18.2 Å². The van der Waals surface area contributed by atoms with Gasteiger partial charge in [-0.2, -0.15) is 0 Å². The standard InChI is InChI=1S/C22H33N3O3/c1-17(22(26)23(2)19-6-4-3-5-7-19)25-12-10-24(11-13-25)15-18-8-9-20-21(14-18)28-16-27-20/h8-9,14,17,19H,3-7,10-13,15-16H2,1-2H3/p+2/t17-/m1/s1. The van der Waals surface area contributed by atoms with Crippen LogP contribution in [0.3, 0.4) is 0 Å². The Morgan fingerprint density at radius 2 is 1.82 bits per heavy atom. The van der Waals surface area contributed by atoms with Crippen LogP contribution in [-0.2, 0) is 11.3 Å². The van der Waals surface area contributed by atoms with Gasteiger partial charge in [0.1, 0.15) is 32.7 Å². The lowest BCUT2D eigenvalue weighted by molar-refractivity contribution is -1.02. The molecule has 1 saturated carbocycles. The Kier molecular flexibility index (Phi) is 6.07. The fourth-order valence-electron chi connectivity index (χ4n) is 5.00. The minimum absolute atomic E-state index is 0.0685. The summed E-state index contributed by atoms with van der Waals surface area (Å²) in [6, 6.07) is 6.80. The van der Waals surface area contributed by atoms with Crippen molar-refractivity contribution in [3.05, 3.63) is 23.8 Å². The molecule has 0 unspecified atom stereocenters. The van der Waals surface area contributed by atoms with Crippen molar-refractivity contribution in [2.45, 2.75) is 57.7 Å². The Labute approximate surface area is 168 Å². The zero-order chi connectivity index (χ0) is 19.5. The molecule has 1 saturated heterocycles. The molecule has 0 radical (unpaired) electrons. The van der Waals surface area contributed by atoms with Crippen molar-refractivity contribution in [3.8, 4) is 11.5 Å². The van der Waals surface area contributed by atoms with Crippen LogP contribution in [0, 0.1) is 0 Å². The average Bonchev–Trinajstić information content (AvgIpc) is 3.21. The fourth-order valence-corrected chi connectivity index (χ4v) is 5.00. The molecule has 1 aliphatic carbocycles. The Hall–Kier alpha value is -1.79. The number of nitrogens with zero attached hydrogens (tertiary/aromatic N) is 1. The molecule has 1 aromatic rings. The molecule has 2 heterocycles. The lowest BCUT2D eigenvalue weighted by Gasteiger charge is -2.37. The maximum atomic E-state index is 13.0. The van der Waals surface area contributed by atoms with E-state index in [1.165, 1.54) is 42.6 Å². The van der Waals surface area contributed by atoms with Crippen molar-refractivity contribution < 1.29 is 24.1 Å². The first-order chi connectivity index (χ1) is 13.6. The van der Waals surface area contributed by atoms with E-state index in [0.29, 0.717) is 18.7 Å². The number of ether oxygens (including phenoxy) is 2. The third-order valence-corrected chi connectivity index (χ3v) is 6.94. The molecule has 2 fully saturated rings. The quantitative estimate of drug-likeness (QED) is 0.738. The highest BCUT2D eigenvalue weighted by molar-refractivity contribution is 5.80. The second-order valence-electron chi connectivity index (χ2n) is 8.74. The van der Waals surface area contributed by atoms with Gasteiger partial charge in [-0.05, 0) is 38.0 Å². The van der Waals surface area contributed by atoms with Crippen LogP contribution in [-0.4, -0.2) is 62.9 Å². The lowest BCUT2D eigenvalue weighted by Crippen LogP contribution is -3.29. The van der Waals surface area contributed by atoms with Crippen molar-refractivity contribution in [1.82, 2.24) is 4.90 Å². The zero-order valence-corrected chi connectivity index (χ0v) is 17.3. The summed E-state index contributed by atoms with van der Waals surface area (Å²) < 4.78 is 10.9. The third-order valence-electron chi connectivity index (χ3n) is 6.94. The predicted molar refractivity (Wildman–Crippen MR) is 107 cm³/mol. The lowest BCUT2D eigenvalue weighted by atomic mass is 9.94. The molecule has 1 atom stereocenters. The van der Waals surface area contributed by atoms with Crippen molar-refractivity contribution in [2.75, 3.05) is 40.0 Å². The summed E-state index contributed by atoms with van der Waals surface area (Å²) in [5, 5.41) is 0. The smallest absolute Gasteiger partial charge is 0.280 e. The first-order valence-corrected chi connectivity index (χ1v) is 10.9. The number of hydrogen-bond donors (Lipinski definition) is 2. The fraction of sp³-hybridized carbons (Fsp3) is 0.682. The maximum absolute atomic E-state index is 13.0. The van der Waals surface area contributed by atoms with Crippen LogP contribution in [0.1, 0.15) is 44.6 Å². The van der Waals surface area contributed by atoms with Gasteiger partial charge in [0.25, 0.3) is 5.91 Å². The van der Waals surface area contributed by atoms with Gasteiger partial charge in [0.05, 0.1) is 0 Å². The van der Waals surface area contributed by atoms with Crippen LogP contribution in [0.5, 0.6) is 11.5 Å². The minimum Gasteiger partial charge on any atom is -0.454 e. The van der Waals surface area contributed by atoms with Crippen molar-refractivity contribution in [1.29, 1.82) is 0 Å². The van der Waals surface area contributed by atoms with Gasteiger partial charge in [0.15, 0.2) is 17.5 Å². The number of piperazine rings is 1. The van der Waals surface area contributed by atoms with E-state index in [-0.39, 0.29) is 6.04 Å². The van der Waals surface area contributed by atoms with E-state index in [2.05, 4.69) is 24.0 Å². The molecular weight excluding hydrogens is 354 g/mol. The SMILES string of the molecule is C[C@H](C(=O)N(C)C1CCCCC1)[NH+]1CC[NH+](Cc2ccc3c(c2)OCO3)CC1. The summed E-state index contributed by atoms with van der Waals surface area (Å²) in [6.45, 7) is 7.79. The van der Waals surface area contributed by atoms with Gasteiger partial charge in [-0.1, -0.05) is 19.3 Å². The molecule has 6 nitrogen and oxygen atoms in total. The molecule has 2 N–H and O–H groups in total. The molecule has 6 heteroatoms. The molecule has 28 heavy (non-hydrogen) atoms. The number of quaternary nitrogens is 2. The highest BCUT2D eigenvalue weighted by Crippen LogP contribution is 2.32. The van der Waals surface area contributed by atoms with E-state index in [0.717, 1.165) is 44.2 Å². The number of amides is 1. The van der Waals surface area contributed by atoms with Gasteiger partial charge in [0, 0.05) is 18.7 Å². The third kappa shape index (κ3) is 4.28. The molecule has 0 spiro atoms. The summed E-state index contributed by atoms with van der Waals surface area (Å²) in [6.07, 6.45) is 6.22. The number of hydrogen-bond acceptors (Lipinski definition) is 3. The normalized spacial score (nSPS) is 26.1. The Morgan fingerprint density at radius 1 is 1.11 bits per heavy atom. The van der Waals surface area contributed by atoms with Gasteiger partial charge in [-0.25, -0.2) is 0 Å². The molecule has 1 amide bonds. The van der Waals surface area contributed by atoms with E-state index >= 15 is 0 Å². The first-order valence-electron chi connectivity index (χ1n) is 10.9. The summed E-state index contributed by atoms with van der Waals surface area (Å²) in [4.78, 5) is 18.1. The second-order valence-corrected chi connectivity index (χ2v) is 8.74. The largest absolute Gasteiger partial charge is 0.454 e. The van der Waals surface area contributed by atoms with E-state index in [1.54, 1.807) is 4.90 Å². The number of likely N-dealkylation sites (N-methyl/N-ethyl adjacent to an activating group) is 1. The van der Waals surface area contributed by atoms with Crippen molar-refractivity contribution in [3.63, 3.8) is 0 Å². The van der Waals surface area contributed by atoms with Gasteiger partial charge in [0.2, 0.25) is 6.79 Å². The van der Waals surface area contributed by atoms with Crippen LogP contribution in [0.4, 0.5) is 0 Å². The molecule has 4 rings (SSSR count). The van der Waals surface area contributed by atoms with Gasteiger partial charge in [-0.3, -0.25) is 4.79 Å². The van der Waals surface area contributed by atoms with Crippen LogP contribution in [0.25, 0.3) is 0 Å². The van der Waals surface area contributed by atoms with Crippen LogP contribution >= 0.6 is 0 Å². The number of fused-ring (bicyclic) bond motifs is 1. The zero-order valence-electron chi connectivity index (χ0n) is 17.3. The molecular formula is C22H35N3O3+2. The van der Waals surface area contributed by atoms with Crippen LogP contribution in [0.2, 0.25) is 0 Å². The molecule has 1 aromatic carbocycles. The van der Waals surface area contributed by atoms with Crippen molar-refractivity contribution in [2.24, 2.45) is 0 Å². The Balaban J connectivity index is 1.26. The number of nitrogens with one attached hydrogen (secondary N) is 2. The average molecular weight is 390 g/mol. The number of carbonyl (C=O) groups excluding carboxylic acids is 1. The van der Waals surface area contributed by atoms with E-state index in [9.17, 15) is 4.79 Å².